The molecule has 16 heavy (non-hydrogen) atoms. The van der Waals surface area contributed by atoms with Crippen molar-refractivity contribution in [2.75, 3.05) is 0 Å². The fourth-order valence-electron chi connectivity index (χ4n) is 1.45. The Labute approximate surface area is 93.9 Å². The number of rotatable bonds is 2. The van der Waals surface area contributed by atoms with Gasteiger partial charge in [0.15, 0.2) is 5.69 Å². The van der Waals surface area contributed by atoms with Crippen molar-refractivity contribution in [3.63, 3.8) is 0 Å². The molecule has 0 spiro atoms. The van der Waals surface area contributed by atoms with Crippen molar-refractivity contribution < 1.29 is 9.90 Å². The Hall–Kier alpha value is -2.15. The Balaban J connectivity index is 3.71. The van der Waals surface area contributed by atoms with Crippen LogP contribution in [0.25, 0.3) is 5.57 Å². The molecule has 0 aliphatic heterocycles. The van der Waals surface area contributed by atoms with Crippen LogP contribution in [0.4, 0.5) is 0 Å². The molecule has 82 valence electrons. The third-order valence-corrected chi connectivity index (χ3v) is 2.47. The highest BCUT2D eigenvalue weighted by Gasteiger charge is 2.18. The van der Waals surface area contributed by atoms with Gasteiger partial charge in [0.25, 0.3) is 0 Å². The van der Waals surface area contributed by atoms with Gasteiger partial charge in [-0.15, -0.1) is 0 Å². The second-order valence-electron chi connectivity index (χ2n) is 3.63. The van der Waals surface area contributed by atoms with Crippen LogP contribution in [0.15, 0.2) is 6.58 Å². The van der Waals surface area contributed by atoms with Crippen molar-refractivity contribution in [1.29, 1.82) is 5.26 Å². The first-order valence-corrected chi connectivity index (χ1v) is 4.70. The van der Waals surface area contributed by atoms with Crippen LogP contribution in [0.1, 0.15) is 39.8 Å². The molecule has 1 aromatic heterocycles. The zero-order valence-corrected chi connectivity index (χ0v) is 9.46. The minimum absolute atomic E-state index is 0.0190. The van der Waals surface area contributed by atoms with E-state index < -0.39 is 5.97 Å². The Kier molecular flexibility index (Phi) is 3.09. The summed E-state index contributed by atoms with van der Waals surface area (Å²) in [7, 11) is 0. The van der Waals surface area contributed by atoms with Crippen LogP contribution in [-0.4, -0.2) is 16.1 Å². The summed E-state index contributed by atoms with van der Waals surface area (Å²) >= 11 is 0. The van der Waals surface area contributed by atoms with E-state index in [1.54, 1.807) is 20.8 Å². The molecule has 0 aliphatic rings. The Morgan fingerprint density at radius 2 is 1.94 bits per heavy atom. The second kappa shape index (κ2) is 4.15. The summed E-state index contributed by atoms with van der Waals surface area (Å²) in [5, 5.41) is 18.0. The number of carboxylic acid groups (broad SMARTS) is 1. The average molecular weight is 216 g/mol. The maximum absolute atomic E-state index is 11.0. The molecule has 0 saturated carbocycles. The number of carboxylic acids is 1. The van der Waals surface area contributed by atoms with E-state index in [4.69, 9.17) is 10.4 Å². The number of aromatic nitrogens is 1. The molecule has 0 aliphatic carbocycles. The number of aromatic carboxylic acids is 1. The van der Waals surface area contributed by atoms with E-state index in [-0.39, 0.29) is 5.69 Å². The number of allylic oxidation sites excluding steroid dienone is 1. The van der Waals surface area contributed by atoms with Gasteiger partial charge in [-0.1, -0.05) is 6.58 Å². The zero-order chi connectivity index (χ0) is 12.5. The highest BCUT2D eigenvalue weighted by molar-refractivity contribution is 5.88. The molecular formula is C12H12N2O2. The van der Waals surface area contributed by atoms with Gasteiger partial charge in [-0.05, 0) is 37.5 Å². The fraction of sp³-hybridized carbons (Fsp3) is 0.250. The molecule has 1 rings (SSSR count). The molecule has 0 fully saturated rings. The van der Waals surface area contributed by atoms with Crippen LogP contribution in [0.5, 0.6) is 0 Å². The predicted molar refractivity (Wildman–Crippen MR) is 60.1 cm³/mol. The summed E-state index contributed by atoms with van der Waals surface area (Å²) in [6, 6.07) is 2.04. The summed E-state index contributed by atoms with van der Waals surface area (Å²) in [4.78, 5) is 15.0. The minimum Gasteiger partial charge on any atom is -0.477 e. The third kappa shape index (κ3) is 1.80. The molecule has 1 N–H and O–H groups in total. The van der Waals surface area contributed by atoms with Gasteiger partial charge in [0.05, 0.1) is 11.3 Å². The maximum Gasteiger partial charge on any atom is 0.354 e. The van der Waals surface area contributed by atoms with E-state index >= 15 is 0 Å². The zero-order valence-electron chi connectivity index (χ0n) is 9.46. The summed E-state index contributed by atoms with van der Waals surface area (Å²) < 4.78 is 0. The number of nitriles is 1. The molecule has 4 nitrogen and oxygen atoms in total. The SMILES string of the molecule is C=C(C)c1nc(C(=O)O)c(C)c(C)c1C#N. The van der Waals surface area contributed by atoms with Gasteiger partial charge >= 0.3 is 5.97 Å². The molecule has 0 bridgehead atoms. The topological polar surface area (TPSA) is 74.0 Å². The average Bonchev–Trinajstić information content (AvgIpc) is 2.20. The van der Waals surface area contributed by atoms with E-state index in [0.29, 0.717) is 28.0 Å². The number of hydrogen-bond acceptors (Lipinski definition) is 3. The van der Waals surface area contributed by atoms with Gasteiger partial charge in [-0.3, -0.25) is 0 Å². The molecule has 0 atom stereocenters. The van der Waals surface area contributed by atoms with Crippen LogP contribution in [0.3, 0.4) is 0 Å². The molecular weight excluding hydrogens is 204 g/mol. The fourth-order valence-corrected chi connectivity index (χ4v) is 1.45. The molecule has 1 heterocycles. The lowest BCUT2D eigenvalue weighted by Gasteiger charge is -2.10. The number of carbonyl (C=O) groups is 1. The smallest absolute Gasteiger partial charge is 0.354 e. The van der Waals surface area contributed by atoms with Gasteiger partial charge in [-0.2, -0.15) is 5.26 Å². The minimum atomic E-state index is -1.09. The van der Waals surface area contributed by atoms with E-state index in [1.165, 1.54) is 0 Å². The Bertz CT molecular complexity index is 525. The maximum atomic E-state index is 11.0. The van der Waals surface area contributed by atoms with E-state index in [0.717, 1.165) is 0 Å². The number of pyridine rings is 1. The predicted octanol–water partition coefficient (Wildman–Crippen LogP) is 2.30. The van der Waals surface area contributed by atoms with Gasteiger partial charge in [0.2, 0.25) is 0 Å². The van der Waals surface area contributed by atoms with Crippen molar-refractivity contribution in [1.82, 2.24) is 4.98 Å². The molecule has 0 amide bonds. The van der Waals surface area contributed by atoms with Crippen LogP contribution in [0.2, 0.25) is 0 Å². The van der Waals surface area contributed by atoms with Gasteiger partial charge in [-0.25, -0.2) is 9.78 Å². The van der Waals surface area contributed by atoms with Crippen LogP contribution < -0.4 is 0 Å². The van der Waals surface area contributed by atoms with Crippen molar-refractivity contribution in [3.8, 4) is 6.07 Å². The van der Waals surface area contributed by atoms with Crippen molar-refractivity contribution in [2.24, 2.45) is 0 Å². The monoisotopic (exact) mass is 216 g/mol. The van der Waals surface area contributed by atoms with Crippen molar-refractivity contribution in [3.05, 3.63) is 34.7 Å². The molecule has 0 saturated heterocycles. The van der Waals surface area contributed by atoms with Crippen molar-refractivity contribution >= 4 is 11.5 Å². The lowest BCUT2D eigenvalue weighted by molar-refractivity contribution is 0.0689. The van der Waals surface area contributed by atoms with E-state index in [1.807, 2.05) is 6.07 Å². The lowest BCUT2D eigenvalue weighted by atomic mass is 9.98. The normalized spacial score (nSPS) is 9.62. The quantitative estimate of drug-likeness (QED) is 0.823. The molecule has 1 aromatic rings. The van der Waals surface area contributed by atoms with E-state index in [9.17, 15) is 4.79 Å². The van der Waals surface area contributed by atoms with E-state index in [2.05, 4.69) is 11.6 Å². The summed E-state index contributed by atoms with van der Waals surface area (Å²) in [5.74, 6) is -1.09. The van der Waals surface area contributed by atoms with Crippen LogP contribution in [0, 0.1) is 25.2 Å². The first kappa shape index (κ1) is 11.9. The number of nitrogens with zero attached hydrogens (tertiary/aromatic N) is 2. The third-order valence-electron chi connectivity index (χ3n) is 2.47. The standard InChI is InChI=1S/C12H12N2O2/c1-6(2)10-9(5-13)7(3)8(4)11(14-10)12(15)16/h1H2,2-4H3,(H,15,16). The Morgan fingerprint density at radius 3 is 2.31 bits per heavy atom. The van der Waals surface area contributed by atoms with Crippen LogP contribution >= 0.6 is 0 Å². The highest BCUT2D eigenvalue weighted by atomic mass is 16.4. The lowest BCUT2D eigenvalue weighted by Crippen LogP contribution is -2.09. The van der Waals surface area contributed by atoms with Crippen molar-refractivity contribution in [2.45, 2.75) is 20.8 Å². The molecule has 0 aromatic carbocycles. The highest BCUT2D eigenvalue weighted by Crippen LogP contribution is 2.23. The molecule has 0 radical (unpaired) electrons. The summed E-state index contributed by atoms with van der Waals surface area (Å²) in [6.07, 6.45) is 0. The van der Waals surface area contributed by atoms with Gasteiger partial charge in [0.1, 0.15) is 6.07 Å². The van der Waals surface area contributed by atoms with Gasteiger partial charge in [0, 0.05) is 0 Å². The molecule has 0 unspecified atom stereocenters. The summed E-state index contributed by atoms with van der Waals surface area (Å²) in [5.41, 5.74) is 2.50. The summed E-state index contributed by atoms with van der Waals surface area (Å²) in [6.45, 7) is 8.76. The van der Waals surface area contributed by atoms with Gasteiger partial charge < -0.3 is 5.11 Å². The van der Waals surface area contributed by atoms with Crippen LogP contribution in [-0.2, 0) is 0 Å². The largest absolute Gasteiger partial charge is 0.477 e. The first-order valence-electron chi connectivity index (χ1n) is 4.70. The molecule has 4 heteroatoms. The first-order chi connectivity index (χ1) is 7.40. The second-order valence-corrected chi connectivity index (χ2v) is 3.63. The Morgan fingerprint density at radius 1 is 1.38 bits per heavy atom. The number of hydrogen-bond donors (Lipinski definition) is 1.